The maximum Gasteiger partial charge on any atom is 0.176 e. The van der Waals surface area contributed by atoms with Gasteiger partial charge in [-0.2, -0.15) is 0 Å². The van der Waals surface area contributed by atoms with E-state index in [1.165, 1.54) is 0 Å². The quantitative estimate of drug-likeness (QED) is 0.727. The zero-order valence-electron chi connectivity index (χ0n) is 9.64. The molecule has 0 aliphatic rings. The molecule has 0 saturated heterocycles. The summed E-state index contributed by atoms with van der Waals surface area (Å²) in [6.45, 7) is 4.03. The van der Waals surface area contributed by atoms with Crippen LogP contribution < -0.4 is 0 Å². The summed E-state index contributed by atoms with van der Waals surface area (Å²) >= 11 is 0. The third-order valence-electron chi connectivity index (χ3n) is 2.68. The zero-order valence-corrected chi connectivity index (χ0v) is 9.64. The Hall–Kier alpha value is -1.91. The number of ketones is 1. The van der Waals surface area contributed by atoms with Crippen LogP contribution in [0.2, 0.25) is 0 Å². The minimum absolute atomic E-state index is 0.0592. The van der Waals surface area contributed by atoms with Gasteiger partial charge in [0.25, 0.3) is 0 Å². The molecule has 0 saturated carbocycles. The molecule has 84 valence electrons. The fraction of sp³-hybridized carbons (Fsp3) is 0.364. The Morgan fingerprint density at radius 2 is 2.19 bits per heavy atom. The predicted octanol–water partition coefficient (Wildman–Crippen LogP) is 1.18. The Kier molecular flexibility index (Phi) is 2.60. The van der Waals surface area contributed by atoms with Crippen LogP contribution in [0.15, 0.2) is 18.3 Å². The molecule has 0 fully saturated rings. The lowest BCUT2D eigenvalue weighted by Gasteiger charge is -2.06. The first kappa shape index (κ1) is 10.6. The minimum atomic E-state index is 0.0592. The van der Waals surface area contributed by atoms with Crippen LogP contribution >= 0.6 is 0 Å². The number of aryl methyl sites for hydroxylation is 1. The van der Waals surface area contributed by atoms with E-state index in [0.717, 1.165) is 11.6 Å². The van der Waals surface area contributed by atoms with E-state index in [4.69, 9.17) is 0 Å². The Bertz CT molecular complexity index is 524. The summed E-state index contributed by atoms with van der Waals surface area (Å²) in [6, 6.07) is 3.67. The van der Waals surface area contributed by atoms with Gasteiger partial charge in [0.2, 0.25) is 0 Å². The van der Waals surface area contributed by atoms with Gasteiger partial charge >= 0.3 is 0 Å². The Balaban J connectivity index is 2.30. The van der Waals surface area contributed by atoms with Crippen LogP contribution in [0.1, 0.15) is 29.1 Å². The highest BCUT2D eigenvalue weighted by Crippen LogP contribution is 2.07. The second-order valence-corrected chi connectivity index (χ2v) is 3.80. The van der Waals surface area contributed by atoms with Gasteiger partial charge in [-0.05, 0) is 19.1 Å². The van der Waals surface area contributed by atoms with Gasteiger partial charge in [0.05, 0.1) is 12.2 Å². The number of hydrogen-bond acceptors (Lipinski definition) is 3. The molecule has 0 amide bonds. The summed E-state index contributed by atoms with van der Waals surface area (Å²) in [5.74, 6) is 1.77. The second kappa shape index (κ2) is 3.92. The van der Waals surface area contributed by atoms with Crippen LogP contribution in [-0.2, 0) is 13.6 Å². The molecule has 0 aliphatic carbocycles. The highest BCUT2D eigenvalue weighted by molar-refractivity contribution is 5.92. The summed E-state index contributed by atoms with van der Waals surface area (Å²) in [5.41, 5.74) is 0.695. The van der Waals surface area contributed by atoms with Crippen molar-refractivity contribution in [3.63, 3.8) is 0 Å². The molecule has 5 heteroatoms. The zero-order chi connectivity index (χ0) is 11.7. The van der Waals surface area contributed by atoms with Crippen molar-refractivity contribution in [2.45, 2.75) is 20.4 Å². The number of Topliss-reactive ketones (excluding diaryl/α,β-unsaturated/α-hetero) is 1. The van der Waals surface area contributed by atoms with Crippen molar-refractivity contribution in [3.05, 3.63) is 35.7 Å². The van der Waals surface area contributed by atoms with Crippen LogP contribution in [0.3, 0.4) is 0 Å². The molecule has 0 radical (unpaired) electrons. The first-order valence-corrected chi connectivity index (χ1v) is 5.10. The molecular weight excluding hydrogens is 204 g/mol. The van der Waals surface area contributed by atoms with Gasteiger partial charge in [0, 0.05) is 20.2 Å². The van der Waals surface area contributed by atoms with Gasteiger partial charge in [-0.15, -0.1) is 10.2 Å². The van der Waals surface area contributed by atoms with Crippen LogP contribution in [0.5, 0.6) is 0 Å². The van der Waals surface area contributed by atoms with E-state index >= 15 is 0 Å². The van der Waals surface area contributed by atoms with Crippen LogP contribution in [0.25, 0.3) is 0 Å². The van der Waals surface area contributed by atoms with Gasteiger partial charge in [-0.3, -0.25) is 4.79 Å². The Morgan fingerprint density at radius 3 is 2.75 bits per heavy atom. The van der Waals surface area contributed by atoms with Crippen LogP contribution in [0, 0.1) is 6.92 Å². The SMILES string of the molecule is CC(=O)c1cccn1Cc1nnc(C)n1C. The maximum absolute atomic E-state index is 11.3. The van der Waals surface area contributed by atoms with Crippen molar-refractivity contribution in [3.8, 4) is 0 Å². The van der Waals surface area contributed by atoms with Crippen molar-refractivity contribution in [1.29, 1.82) is 0 Å². The molecule has 0 N–H and O–H groups in total. The van der Waals surface area contributed by atoms with Crippen LogP contribution in [-0.4, -0.2) is 25.1 Å². The van der Waals surface area contributed by atoms with Crippen molar-refractivity contribution >= 4 is 5.78 Å². The highest BCUT2D eigenvalue weighted by atomic mass is 16.1. The third kappa shape index (κ3) is 1.76. The average molecular weight is 218 g/mol. The first-order chi connectivity index (χ1) is 7.59. The summed E-state index contributed by atoms with van der Waals surface area (Å²) in [4.78, 5) is 11.3. The van der Waals surface area contributed by atoms with E-state index in [0.29, 0.717) is 12.2 Å². The van der Waals surface area contributed by atoms with E-state index in [1.54, 1.807) is 6.92 Å². The lowest BCUT2D eigenvalue weighted by atomic mass is 10.3. The molecule has 5 nitrogen and oxygen atoms in total. The standard InChI is InChI=1S/C11H14N4O/c1-8(16)10-5-4-6-15(10)7-11-13-12-9(2)14(11)3/h4-6H,7H2,1-3H3. The van der Waals surface area contributed by atoms with Crippen LogP contribution in [0.4, 0.5) is 0 Å². The molecule has 2 aromatic heterocycles. The van der Waals surface area contributed by atoms with E-state index in [-0.39, 0.29) is 5.78 Å². The molecule has 0 aromatic carbocycles. The molecule has 0 bridgehead atoms. The number of hydrogen-bond donors (Lipinski definition) is 0. The lowest BCUT2D eigenvalue weighted by Crippen LogP contribution is -2.10. The third-order valence-corrected chi connectivity index (χ3v) is 2.68. The molecule has 0 atom stereocenters. The van der Waals surface area contributed by atoms with Gasteiger partial charge in [0.15, 0.2) is 11.6 Å². The normalized spacial score (nSPS) is 10.7. The monoisotopic (exact) mass is 218 g/mol. The molecule has 0 unspecified atom stereocenters. The van der Waals surface area contributed by atoms with E-state index in [9.17, 15) is 4.79 Å². The van der Waals surface area contributed by atoms with Crippen molar-refractivity contribution in [2.24, 2.45) is 7.05 Å². The summed E-state index contributed by atoms with van der Waals surface area (Å²) in [7, 11) is 1.92. The van der Waals surface area contributed by atoms with E-state index in [2.05, 4.69) is 10.2 Å². The molecular formula is C11H14N4O. The van der Waals surface area contributed by atoms with E-state index in [1.807, 2.05) is 41.4 Å². The summed E-state index contributed by atoms with van der Waals surface area (Å²) in [6.07, 6.45) is 1.88. The van der Waals surface area contributed by atoms with Crippen molar-refractivity contribution in [1.82, 2.24) is 19.3 Å². The number of nitrogens with zero attached hydrogens (tertiary/aromatic N) is 4. The number of rotatable bonds is 3. The molecule has 2 aromatic rings. The van der Waals surface area contributed by atoms with Gasteiger partial charge in [0.1, 0.15) is 5.82 Å². The lowest BCUT2D eigenvalue weighted by molar-refractivity contribution is 0.100. The van der Waals surface area contributed by atoms with Gasteiger partial charge < -0.3 is 9.13 Å². The Morgan fingerprint density at radius 1 is 1.44 bits per heavy atom. The smallest absolute Gasteiger partial charge is 0.176 e. The predicted molar refractivity (Wildman–Crippen MR) is 59.3 cm³/mol. The minimum Gasteiger partial charge on any atom is -0.337 e. The fourth-order valence-corrected chi connectivity index (χ4v) is 1.61. The second-order valence-electron chi connectivity index (χ2n) is 3.80. The molecule has 0 aliphatic heterocycles. The number of carbonyl (C=O) groups excluding carboxylic acids is 1. The maximum atomic E-state index is 11.3. The summed E-state index contributed by atoms with van der Waals surface area (Å²) < 4.78 is 3.80. The number of carbonyl (C=O) groups is 1. The Labute approximate surface area is 93.7 Å². The molecule has 2 rings (SSSR count). The van der Waals surface area contributed by atoms with Gasteiger partial charge in [-0.1, -0.05) is 0 Å². The summed E-state index contributed by atoms with van der Waals surface area (Å²) in [5, 5.41) is 8.06. The molecule has 0 spiro atoms. The topological polar surface area (TPSA) is 52.7 Å². The average Bonchev–Trinajstić information content (AvgIpc) is 2.80. The fourth-order valence-electron chi connectivity index (χ4n) is 1.61. The molecule has 16 heavy (non-hydrogen) atoms. The number of aromatic nitrogens is 4. The van der Waals surface area contributed by atoms with Gasteiger partial charge in [-0.25, -0.2) is 0 Å². The molecule has 2 heterocycles. The first-order valence-electron chi connectivity index (χ1n) is 5.10. The largest absolute Gasteiger partial charge is 0.337 e. The highest BCUT2D eigenvalue weighted by Gasteiger charge is 2.10. The van der Waals surface area contributed by atoms with Crippen molar-refractivity contribution in [2.75, 3.05) is 0 Å². The van der Waals surface area contributed by atoms with Crippen molar-refractivity contribution < 1.29 is 4.79 Å². The van der Waals surface area contributed by atoms with E-state index < -0.39 is 0 Å².